The molecule has 0 aliphatic carbocycles. The average Bonchev–Trinajstić information content (AvgIpc) is 2.69. The summed E-state index contributed by atoms with van der Waals surface area (Å²) in [5.41, 5.74) is 3.86. The third kappa shape index (κ3) is 3.72. The van der Waals surface area contributed by atoms with Crippen molar-refractivity contribution in [2.45, 2.75) is 45.6 Å². The highest BCUT2D eigenvalue weighted by molar-refractivity contribution is 9.11. The van der Waals surface area contributed by atoms with Crippen molar-refractivity contribution in [3.8, 4) is 0 Å². The van der Waals surface area contributed by atoms with E-state index in [9.17, 15) is 5.11 Å². The predicted molar refractivity (Wildman–Crippen MR) is 90.6 cm³/mol. The molecule has 2 aromatic rings. The quantitative estimate of drug-likeness (QED) is 0.784. The van der Waals surface area contributed by atoms with E-state index >= 15 is 0 Å². The molecule has 1 aromatic carbocycles. The Balaban J connectivity index is 2.10. The van der Waals surface area contributed by atoms with Crippen LogP contribution in [0.15, 0.2) is 34.1 Å². The Kier molecular flexibility index (Phi) is 4.73. The zero-order chi connectivity index (χ0) is 14.9. The molecule has 1 unspecified atom stereocenters. The smallest absolute Gasteiger partial charge is 0.0922 e. The van der Waals surface area contributed by atoms with Gasteiger partial charge >= 0.3 is 0 Å². The molecule has 1 N–H and O–H groups in total. The van der Waals surface area contributed by atoms with Gasteiger partial charge in [-0.15, -0.1) is 11.3 Å². The van der Waals surface area contributed by atoms with Crippen LogP contribution >= 0.6 is 27.3 Å². The van der Waals surface area contributed by atoms with E-state index in [2.05, 4.69) is 74.0 Å². The zero-order valence-electron chi connectivity index (χ0n) is 12.4. The monoisotopic (exact) mass is 352 g/mol. The molecule has 0 spiro atoms. The summed E-state index contributed by atoms with van der Waals surface area (Å²) in [7, 11) is 0. The maximum atomic E-state index is 10.3. The predicted octanol–water partition coefficient (Wildman–Crippen LogP) is 5.39. The molecule has 1 atom stereocenters. The van der Waals surface area contributed by atoms with Crippen LogP contribution in [0, 0.1) is 6.92 Å². The Bertz CT molecular complexity index is 559. The van der Waals surface area contributed by atoms with E-state index in [1.165, 1.54) is 16.7 Å². The summed E-state index contributed by atoms with van der Waals surface area (Å²) in [5.74, 6) is 0. The SMILES string of the molecule is Cc1cc(C(O)Cc2ccc(C(C)(C)C)cc2)sc1Br. The van der Waals surface area contributed by atoms with E-state index in [-0.39, 0.29) is 5.41 Å². The summed E-state index contributed by atoms with van der Waals surface area (Å²) >= 11 is 5.12. The molecular weight excluding hydrogens is 332 g/mol. The number of thiophene rings is 1. The Morgan fingerprint density at radius 1 is 1.20 bits per heavy atom. The van der Waals surface area contributed by atoms with Crippen LogP contribution in [0.4, 0.5) is 0 Å². The second-order valence-corrected chi connectivity index (χ2v) is 8.67. The second-order valence-electron chi connectivity index (χ2n) is 6.27. The number of rotatable bonds is 3. The van der Waals surface area contributed by atoms with Crippen molar-refractivity contribution < 1.29 is 5.11 Å². The first-order valence-electron chi connectivity index (χ1n) is 6.80. The molecule has 1 heterocycles. The fourth-order valence-electron chi connectivity index (χ4n) is 2.11. The van der Waals surface area contributed by atoms with E-state index in [1.807, 2.05) is 0 Å². The van der Waals surface area contributed by atoms with Gasteiger partial charge in [-0.05, 0) is 51.0 Å². The van der Waals surface area contributed by atoms with E-state index in [1.54, 1.807) is 11.3 Å². The van der Waals surface area contributed by atoms with Gasteiger partial charge in [-0.1, -0.05) is 45.0 Å². The molecule has 0 saturated heterocycles. The molecule has 108 valence electrons. The molecule has 20 heavy (non-hydrogen) atoms. The van der Waals surface area contributed by atoms with Crippen LogP contribution in [0.25, 0.3) is 0 Å². The molecule has 1 aromatic heterocycles. The minimum atomic E-state index is -0.425. The summed E-state index contributed by atoms with van der Waals surface area (Å²) in [4.78, 5) is 1.02. The van der Waals surface area contributed by atoms with Gasteiger partial charge in [-0.2, -0.15) is 0 Å². The molecule has 0 bridgehead atoms. The molecular formula is C17H21BrOS. The third-order valence-electron chi connectivity index (χ3n) is 3.45. The lowest BCUT2D eigenvalue weighted by atomic mass is 9.86. The first kappa shape index (κ1) is 15.7. The molecule has 0 fully saturated rings. The fraction of sp³-hybridized carbons (Fsp3) is 0.412. The molecule has 0 saturated carbocycles. The van der Waals surface area contributed by atoms with E-state index in [4.69, 9.17) is 0 Å². The largest absolute Gasteiger partial charge is 0.387 e. The summed E-state index contributed by atoms with van der Waals surface area (Å²) < 4.78 is 1.11. The van der Waals surface area contributed by atoms with E-state index in [0.717, 1.165) is 8.66 Å². The molecule has 2 rings (SSSR count). The minimum Gasteiger partial charge on any atom is -0.387 e. The number of aliphatic hydroxyl groups excluding tert-OH is 1. The van der Waals surface area contributed by atoms with Crippen LogP contribution in [0.3, 0.4) is 0 Å². The molecule has 1 nitrogen and oxygen atoms in total. The van der Waals surface area contributed by atoms with Crippen molar-refractivity contribution in [3.63, 3.8) is 0 Å². The maximum Gasteiger partial charge on any atom is 0.0922 e. The van der Waals surface area contributed by atoms with Crippen molar-refractivity contribution in [2.75, 3.05) is 0 Å². The highest BCUT2D eigenvalue weighted by Crippen LogP contribution is 2.33. The van der Waals surface area contributed by atoms with Gasteiger partial charge in [-0.25, -0.2) is 0 Å². The third-order valence-corrected chi connectivity index (χ3v) is 5.69. The van der Waals surface area contributed by atoms with E-state index < -0.39 is 6.10 Å². The van der Waals surface area contributed by atoms with Gasteiger partial charge in [0.15, 0.2) is 0 Å². The highest BCUT2D eigenvalue weighted by atomic mass is 79.9. The first-order chi connectivity index (χ1) is 9.27. The van der Waals surface area contributed by atoms with Gasteiger partial charge in [0, 0.05) is 11.3 Å². The maximum absolute atomic E-state index is 10.3. The van der Waals surface area contributed by atoms with Gasteiger partial charge in [0.05, 0.1) is 9.89 Å². The Morgan fingerprint density at radius 2 is 1.80 bits per heavy atom. The number of aryl methyl sites for hydroxylation is 1. The van der Waals surface area contributed by atoms with Crippen molar-refractivity contribution in [2.24, 2.45) is 0 Å². The zero-order valence-corrected chi connectivity index (χ0v) is 14.8. The van der Waals surface area contributed by atoms with Crippen LogP contribution in [0.5, 0.6) is 0 Å². The Labute approximate surface area is 133 Å². The van der Waals surface area contributed by atoms with Crippen LogP contribution in [0.2, 0.25) is 0 Å². The Hall–Kier alpha value is -0.640. The van der Waals surface area contributed by atoms with E-state index in [0.29, 0.717) is 6.42 Å². The lowest BCUT2D eigenvalue weighted by molar-refractivity contribution is 0.182. The molecule has 0 amide bonds. The number of halogens is 1. The van der Waals surface area contributed by atoms with Crippen LogP contribution in [0.1, 0.15) is 48.4 Å². The van der Waals surface area contributed by atoms with Crippen molar-refractivity contribution in [1.82, 2.24) is 0 Å². The topological polar surface area (TPSA) is 20.2 Å². The molecule has 3 heteroatoms. The normalized spacial score (nSPS) is 13.5. The van der Waals surface area contributed by atoms with Gasteiger partial charge in [0.25, 0.3) is 0 Å². The van der Waals surface area contributed by atoms with Crippen molar-refractivity contribution in [3.05, 3.63) is 55.7 Å². The fourth-order valence-corrected chi connectivity index (χ4v) is 3.67. The van der Waals surface area contributed by atoms with Crippen LogP contribution in [-0.2, 0) is 11.8 Å². The van der Waals surface area contributed by atoms with Crippen molar-refractivity contribution in [1.29, 1.82) is 0 Å². The van der Waals surface area contributed by atoms with Crippen molar-refractivity contribution >= 4 is 27.3 Å². The number of hydrogen-bond donors (Lipinski definition) is 1. The van der Waals surface area contributed by atoms with Crippen LogP contribution < -0.4 is 0 Å². The number of aliphatic hydroxyl groups is 1. The lowest BCUT2D eigenvalue weighted by Gasteiger charge is -2.19. The number of hydrogen-bond acceptors (Lipinski definition) is 2. The second kappa shape index (κ2) is 6.00. The first-order valence-corrected chi connectivity index (χ1v) is 8.41. The van der Waals surface area contributed by atoms with Gasteiger partial charge < -0.3 is 5.11 Å². The van der Waals surface area contributed by atoms with Gasteiger partial charge in [-0.3, -0.25) is 0 Å². The van der Waals surface area contributed by atoms with Crippen LogP contribution in [-0.4, -0.2) is 5.11 Å². The summed E-state index contributed by atoms with van der Waals surface area (Å²) in [6, 6.07) is 10.6. The van der Waals surface area contributed by atoms with Gasteiger partial charge in [0.2, 0.25) is 0 Å². The molecule has 0 radical (unpaired) electrons. The summed E-state index contributed by atoms with van der Waals surface area (Å²) in [6.07, 6.45) is 0.238. The minimum absolute atomic E-state index is 0.173. The van der Waals surface area contributed by atoms with Gasteiger partial charge in [0.1, 0.15) is 0 Å². The Morgan fingerprint density at radius 3 is 2.25 bits per heavy atom. The summed E-state index contributed by atoms with van der Waals surface area (Å²) in [5, 5.41) is 10.3. The standard InChI is InChI=1S/C17H21BrOS/c1-11-9-15(20-16(11)18)14(19)10-12-5-7-13(8-6-12)17(2,3)4/h5-9,14,19H,10H2,1-4H3. The average molecular weight is 353 g/mol. The molecule has 0 aliphatic rings. The molecule has 0 aliphatic heterocycles. The highest BCUT2D eigenvalue weighted by Gasteiger charge is 2.15. The lowest BCUT2D eigenvalue weighted by Crippen LogP contribution is -2.11. The number of benzene rings is 1. The summed E-state index contributed by atoms with van der Waals surface area (Å²) in [6.45, 7) is 8.68.